The highest BCUT2D eigenvalue weighted by atomic mass is 19.4. The van der Waals surface area contributed by atoms with Crippen LogP contribution in [0, 0.1) is 13.8 Å². The Labute approximate surface area is 174 Å². The maximum atomic E-state index is 13.6. The van der Waals surface area contributed by atoms with Crippen molar-refractivity contribution in [2.24, 2.45) is 0 Å². The second kappa shape index (κ2) is 7.71. The first-order valence-electron chi connectivity index (χ1n) is 10.2. The fraction of sp³-hybridized carbons (Fsp3) is 0.435. The van der Waals surface area contributed by atoms with Crippen LogP contribution >= 0.6 is 0 Å². The highest BCUT2D eigenvalue weighted by molar-refractivity contribution is 5.77. The fourth-order valence-electron chi connectivity index (χ4n) is 4.22. The van der Waals surface area contributed by atoms with Gasteiger partial charge in [-0.1, -0.05) is 18.2 Å². The Morgan fingerprint density at radius 3 is 2.47 bits per heavy atom. The number of hydrogen-bond acceptors (Lipinski definition) is 3. The van der Waals surface area contributed by atoms with Crippen molar-refractivity contribution in [3.8, 4) is 0 Å². The molecule has 160 valence electrons. The number of halogens is 3. The van der Waals surface area contributed by atoms with Gasteiger partial charge >= 0.3 is 6.18 Å². The number of aryl methyl sites for hydroxylation is 2. The molecular formula is C23H26F3N3O. The summed E-state index contributed by atoms with van der Waals surface area (Å²) in [5.74, 6) is 0. The zero-order valence-corrected chi connectivity index (χ0v) is 17.2. The summed E-state index contributed by atoms with van der Waals surface area (Å²) in [6, 6.07) is 10.7. The molecule has 0 saturated carbocycles. The summed E-state index contributed by atoms with van der Waals surface area (Å²) < 4.78 is 41.9. The molecular weight excluding hydrogens is 391 g/mol. The number of hydrogen-bond donors (Lipinski definition) is 1. The van der Waals surface area contributed by atoms with E-state index in [2.05, 4.69) is 41.9 Å². The molecule has 0 unspecified atom stereocenters. The van der Waals surface area contributed by atoms with Crippen LogP contribution in [0.3, 0.4) is 0 Å². The van der Waals surface area contributed by atoms with Crippen molar-refractivity contribution in [3.05, 3.63) is 65.0 Å². The van der Waals surface area contributed by atoms with Gasteiger partial charge < -0.3 is 9.67 Å². The first kappa shape index (κ1) is 20.9. The summed E-state index contributed by atoms with van der Waals surface area (Å²) in [6.45, 7) is 6.10. The largest absolute Gasteiger partial charge is 0.431 e. The molecule has 1 aromatic carbocycles. The van der Waals surface area contributed by atoms with Crippen LogP contribution < -0.4 is 0 Å². The van der Waals surface area contributed by atoms with Crippen molar-refractivity contribution < 1.29 is 18.3 Å². The summed E-state index contributed by atoms with van der Waals surface area (Å²) in [6.07, 6.45) is -2.18. The summed E-state index contributed by atoms with van der Waals surface area (Å²) in [5.41, 5.74) is 2.01. The molecule has 1 saturated heterocycles. The Bertz CT molecular complexity index is 1050. The van der Waals surface area contributed by atoms with Gasteiger partial charge in [-0.05, 0) is 61.6 Å². The van der Waals surface area contributed by atoms with E-state index in [-0.39, 0.29) is 12.2 Å². The van der Waals surface area contributed by atoms with E-state index in [0.717, 1.165) is 17.2 Å². The SMILES string of the molecule is Cc1ccc(CN2CCC(O)(Cn3c(C(F)(F)F)cc4cccnc43)CC2)cc1C. The van der Waals surface area contributed by atoms with Crippen LogP contribution in [0.2, 0.25) is 0 Å². The number of fused-ring (bicyclic) bond motifs is 1. The second-order valence-electron chi connectivity index (χ2n) is 8.45. The van der Waals surface area contributed by atoms with Crippen LogP contribution in [0.1, 0.15) is 35.2 Å². The van der Waals surface area contributed by atoms with E-state index in [1.165, 1.54) is 22.9 Å². The topological polar surface area (TPSA) is 41.3 Å². The van der Waals surface area contributed by atoms with E-state index in [0.29, 0.717) is 31.3 Å². The lowest BCUT2D eigenvalue weighted by Crippen LogP contribution is -2.46. The van der Waals surface area contributed by atoms with Gasteiger partial charge in [0.2, 0.25) is 0 Å². The molecule has 0 amide bonds. The second-order valence-corrected chi connectivity index (χ2v) is 8.45. The number of alkyl halides is 3. The quantitative estimate of drug-likeness (QED) is 0.669. The Morgan fingerprint density at radius 1 is 1.07 bits per heavy atom. The monoisotopic (exact) mass is 417 g/mol. The zero-order chi connectivity index (χ0) is 21.5. The van der Waals surface area contributed by atoms with Gasteiger partial charge in [-0.25, -0.2) is 4.98 Å². The predicted octanol–water partition coefficient (Wildman–Crippen LogP) is 4.70. The summed E-state index contributed by atoms with van der Waals surface area (Å²) in [5, 5.41) is 11.5. The molecule has 4 rings (SSSR count). The van der Waals surface area contributed by atoms with Crippen LogP contribution in [0.5, 0.6) is 0 Å². The number of rotatable bonds is 4. The van der Waals surface area contributed by atoms with E-state index >= 15 is 0 Å². The summed E-state index contributed by atoms with van der Waals surface area (Å²) in [7, 11) is 0. The number of likely N-dealkylation sites (tertiary alicyclic amines) is 1. The molecule has 4 nitrogen and oxygen atoms in total. The molecule has 0 aliphatic carbocycles. The highest BCUT2D eigenvalue weighted by Crippen LogP contribution is 2.36. The normalized spacial score (nSPS) is 17.5. The summed E-state index contributed by atoms with van der Waals surface area (Å²) in [4.78, 5) is 6.38. The smallest absolute Gasteiger partial charge is 0.388 e. The minimum absolute atomic E-state index is 0.111. The number of pyridine rings is 1. The minimum atomic E-state index is -4.50. The number of benzene rings is 1. The van der Waals surface area contributed by atoms with Gasteiger partial charge in [-0.15, -0.1) is 0 Å². The van der Waals surface area contributed by atoms with Crippen molar-refractivity contribution in [3.63, 3.8) is 0 Å². The minimum Gasteiger partial charge on any atom is -0.388 e. The van der Waals surface area contributed by atoms with Gasteiger partial charge in [0, 0.05) is 31.2 Å². The zero-order valence-electron chi connectivity index (χ0n) is 17.2. The van der Waals surface area contributed by atoms with Crippen molar-refractivity contribution >= 4 is 11.0 Å². The average molecular weight is 417 g/mol. The lowest BCUT2D eigenvalue weighted by atomic mass is 9.90. The number of aliphatic hydroxyl groups is 1. The molecule has 3 heterocycles. The van der Waals surface area contributed by atoms with Crippen molar-refractivity contribution in [1.82, 2.24) is 14.5 Å². The molecule has 0 bridgehead atoms. The number of piperidine rings is 1. The molecule has 1 aliphatic heterocycles. The average Bonchev–Trinajstić information content (AvgIpc) is 3.05. The first-order valence-corrected chi connectivity index (χ1v) is 10.2. The van der Waals surface area contributed by atoms with Crippen LogP contribution in [0.15, 0.2) is 42.6 Å². The van der Waals surface area contributed by atoms with E-state index in [1.807, 2.05) is 0 Å². The van der Waals surface area contributed by atoms with Gasteiger partial charge in [0.1, 0.15) is 11.3 Å². The third-order valence-corrected chi connectivity index (χ3v) is 6.16. The molecule has 0 spiro atoms. The lowest BCUT2D eigenvalue weighted by Gasteiger charge is -2.39. The van der Waals surface area contributed by atoms with Crippen molar-refractivity contribution in [1.29, 1.82) is 0 Å². The molecule has 0 atom stereocenters. The van der Waals surface area contributed by atoms with Gasteiger partial charge in [0.05, 0.1) is 12.1 Å². The van der Waals surface area contributed by atoms with E-state index < -0.39 is 17.5 Å². The predicted molar refractivity (Wildman–Crippen MR) is 110 cm³/mol. The highest BCUT2D eigenvalue weighted by Gasteiger charge is 2.39. The third kappa shape index (κ3) is 4.23. The molecule has 2 aromatic heterocycles. The number of aromatic nitrogens is 2. The van der Waals surface area contributed by atoms with Crippen molar-refractivity contribution in [2.45, 2.75) is 51.6 Å². The van der Waals surface area contributed by atoms with Crippen LogP contribution in [0.25, 0.3) is 11.0 Å². The maximum Gasteiger partial charge on any atom is 0.431 e. The third-order valence-electron chi connectivity index (χ3n) is 6.16. The molecule has 1 N–H and O–H groups in total. The standard InChI is InChI=1S/C23H26F3N3O/c1-16-5-6-18(12-17(16)2)14-28-10-7-22(30,8-11-28)15-29-20(23(24,25)26)13-19-4-3-9-27-21(19)29/h3-6,9,12-13,30H,7-8,10-11,14-15H2,1-2H3. The lowest BCUT2D eigenvalue weighted by molar-refractivity contribution is -0.145. The number of nitrogens with zero attached hydrogens (tertiary/aromatic N) is 3. The molecule has 7 heteroatoms. The molecule has 30 heavy (non-hydrogen) atoms. The van der Waals surface area contributed by atoms with Gasteiger partial charge in [-0.3, -0.25) is 4.90 Å². The van der Waals surface area contributed by atoms with E-state index in [9.17, 15) is 18.3 Å². The Hall–Kier alpha value is -2.38. The summed E-state index contributed by atoms with van der Waals surface area (Å²) >= 11 is 0. The fourth-order valence-corrected chi connectivity index (χ4v) is 4.22. The Balaban J connectivity index is 1.49. The van der Waals surface area contributed by atoms with Crippen LogP contribution in [-0.4, -0.2) is 38.2 Å². The molecule has 1 aliphatic rings. The molecule has 3 aromatic rings. The van der Waals surface area contributed by atoms with Crippen LogP contribution in [-0.2, 0) is 19.3 Å². The Kier molecular flexibility index (Phi) is 5.36. The van der Waals surface area contributed by atoms with Gasteiger partial charge in [0.15, 0.2) is 0 Å². The maximum absolute atomic E-state index is 13.6. The Morgan fingerprint density at radius 2 is 1.80 bits per heavy atom. The molecule has 1 fully saturated rings. The van der Waals surface area contributed by atoms with E-state index in [1.54, 1.807) is 12.1 Å². The van der Waals surface area contributed by atoms with Crippen LogP contribution in [0.4, 0.5) is 13.2 Å². The van der Waals surface area contributed by atoms with Gasteiger partial charge in [0.25, 0.3) is 0 Å². The molecule has 0 radical (unpaired) electrons. The first-order chi connectivity index (χ1) is 14.1. The van der Waals surface area contributed by atoms with E-state index in [4.69, 9.17) is 0 Å². The van der Waals surface area contributed by atoms with Crippen molar-refractivity contribution in [2.75, 3.05) is 13.1 Å². The van der Waals surface area contributed by atoms with Gasteiger partial charge in [-0.2, -0.15) is 13.2 Å².